The number of hydrogen-bond donors (Lipinski definition) is 0. The molecule has 0 radical (unpaired) electrons. The van der Waals surface area contributed by atoms with Gasteiger partial charge in [-0.1, -0.05) is 69.5 Å². The maximum absolute atomic E-state index is 13.4. The summed E-state index contributed by atoms with van der Waals surface area (Å²) in [6.45, 7) is 2.19. The zero-order valence-electron chi connectivity index (χ0n) is 15.4. The highest BCUT2D eigenvalue weighted by molar-refractivity contribution is 8.09. The number of benzene rings is 1. The molecule has 7 heteroatoms. The summed E-state index contributed by atoms with van der Waals surface area (Å²) < 4.78 is 29.6. The number of rotatable bonds is 9. The highest BCUT2D eigenvalue weighted by atomic mass is 32.3. The SMILES string of the molecule is CCCCCCSN(C1CCCCC1)S(=O)(=O)c1nc2ccccc2s1. The minimum atomic E-state index is -3.55. The molecular weight excluding hydrogens is 384 g/mol. The monoisotopic (exact) mass is 412 g/mol. The van der Waals surface area contributed by atoms with Gasteiger partial charge in [-0.25, -0.2) is 13.4 Å². The topological polar surface area (TPSA) is 50.3 Å². The minimum Gasteiger partial charge on any atom is -0.224 e. The zero-order valence-corrected chi connectivity index (χ0v) is 17.8. The van der Waals surface area contributed by atoms with Gasteiger partial charge in [0.25, 0.3) is 10.0 Å². The lowest BCUT2D eigenvalue weighted by molar-refractivity contribution is 0.345. The van der Waals surface area contributed by atoms with E-state index in [9.17, 15) is 8.42 Å². The molecule has 1 aliphatic rings. The Morgan fingerprint density at radius 1 is 1.15 bits per heavy atom. The second-order valence-electron chi connectivity index (χ2n) is 6.89. The quantitative estimate of drug-likeness (QED) is 0.383. The van der Waals surface area contributed by atoms with Crippen molar-refractivity contribution in [3.63, 3.8) is 0 Å². The van der Waals surface area contributed by atoms with E-state index < -0.39 is 10.0 Å². The van der Waals surface area contributed by atoms with Gasteiger partial charge in [0.05, 0.1) is 10.2 Å². The summed E-state index contributed by atoms with van der Waals surface area (Å²) in [6.07, 6.45) is 10.0. The molecular formula is C19H28N2O2S3. The van der Waals surface area contributed by atoms with Crippen molar-refractivity contribution in [2.75, 3.05) is 5.75 Å². The Bertz CT molecular complexity index is 765. The van der Waals surface area contributed by atoms with Crippen molar-refractivity contribution in [3.8, 4) is 0 Å². The predicted molar refractivity (Wildman–Crippen MR) is 112 cm³/mol. The van der Waals surface area contributed by atoms with Crippen LogP contribution in [0.25, 0.3) is 10.2 Å². The van der Waals surface area contributed by atoms with Crippen molar-refractivity contribution < 1.29 is 8.42 Å². The number of hydrogen-bond acceptors (Lipinski definition) is 5. The van der Waals surface area contributed by atoms with Gasteiger partial charge < -0.3 is 0 Å². The van der Waals surface area contributed by atoms with E-state index in [0.29, 0.717) is 0 Å². The van der Waals surface area contributed by atoms with Crippen molar-refractivity contribution in [2.24, 2.45) is 0 Å². The number of sulfonamides is 1. The lowest BCUT2D eigenvalue weighted by atomic mass is 9.96. The van der Waals surface area contributed by atoms with Gasteiger partial charge in [0.1, 0.15) is 0 Å². The predicted octanol–water partition coefficient (Wildman–Crippen LogP) is 5.85. The Labute approximate surface area is 165 Å². The average molecular weight is 413 g/mol. The number of thiazole rings is 1. The number of unbranched alkanes of at least 4 members (excludes halogenated alkanes) is 3. The maximum Gasteiger partial charge on any atom is 0.279 e. The molecule has 1 aromatic heterocycles. The van der Waals surface area contributed by atoms with Crippen LogP contribution < -0.4 is 0 Å². The summed E-state index contributed by atoms with van der Waals surface area (Å²) in [4.78, 5) is 4.43. The molecule has 0 N–H and O–H groups in total. The summed E-state index contributed by atoms with van der Waals surface area (Å²) in [6, 6.07) is 7.76. The summed E-state index contributed by atoms with van der Waals surface area (Å²) in [5.74, 6) is 0.862. The van der Waals surface area contributed by atoms with Crippen molar-refractivity contribution in [1.82, 2.24) is 8.69 Å². The summed E-state index contributed by atoms with van der Waals surface area (Å²) >= 11 is 2.79. The van der Waals surface area contributed by atoms with Gasteiger partial charge >= 0.3 is 0 Å². The molecule has 3 rings (SSSR count). The molecule has 1 aromatic carbocycles. The van der Waals surface area contributed by atoms with Gasteiger partial charge in [-0.2, -0.15) is 0 Å². The second kappa shape index (κ2) is 9.53. The Kier molecular flexibility index (Phi) is 7.37. The van der Waals surface area contributed by atoms with Gasteiger partial charge in [-0.05, 0) is 31.4 Å². The van der Waals surface area contributed by atoms with Crippen molar-refractivity contribution in [2.45, 2.75) is 75.1 Å². The van der Waals surface area contributed by atoms with Crippen LogP contribution in [-0.2, 0) is 10.0 Å². The van der Waals surface area contributed by atoms with Gasteiger partial charge in [-0.3, -0.25) is 0 Å². The summed E-state index contributed by atoms with van der Waals surface area (Å²) in [5.41, 5.74) is 0.771. The molecule has 26 heavy (non-hydrogen) atoms. The molecule has 0 aliphatic heterocycles. The average Bonchev–Trinajstić information content (AvgIpc) is 3.10. The molecule has 0 saturated heterocycles. The van der Waals surface area contributed by atoms with Gasteiger partial charge in [0.2, 0.25) is 4.34 Å². The van der Waals surface area contributed by atoms with Crippen molar-refractivity contribution in [3.05, 3.63) is 24.3 Å². The number of fused-ring (bicyclic) bond motifs is 1. The number of aromatic nitrogens is 1. The molecule has 1 aliphatic carbocycles. The Balaban J connectivity index is 1.80. The fourth-order valence-corrected chi connectivity index (χ4v) is 8.05. The second-order valence-corrected chi connectivity index (χ2v) is 11.2. The molecule has 0 bridgehead atoms. The van der Waals surface area contributed by atoms with E-state index in [1.54, 1.807) is 3.71 Å². The largest absolute Gasteiger partial charge is 0.279 e. The first-order valence-corrected chi connectivity index (χ1v) is 12.9. The van der Waals surface area contributed by atoms with Crippen LogP contribution in [0.15, 0.2) is 28.6 Å². The molecule has 1 saturated carbocycles. The van der Waals surface area contributed by atoms with E-state index >= 15 is 0 Å². The van der Waals surface area contributed by atoms with Crippen LogP contribution in [0.1, 0.15) is 64.7 Å². The van der Waals surface area contributed by atoms with Crippen LogP contribution in [0.4, 0.5) is 0 Å². The molecule has 144 valence electrons. The first-order chi connectivity index (χ1) is 12.6. The minimum absolute atomic E-state index is 0.108. The van der Waals surface area contributed by atoms with Crippen LogP contribution >= 0.6 is 23.3 Å². The molecule has 2 aromatic rings. The molecule has 1 heterocycles. The third-order valence-corrected chi connectivity index (χ3v) is 9.77. The normalized spacial score (nSPS) is 16.5. The number of para-hydroxylation sites is 1. The molecule has 1 fully saturated rings. The molecule has 0 atom stereocenters. The van der Waals surface area contributed by atoms with Gasteiger partial charge in [0.15, 0.2) is 0 Å². The van der Waals surface area contributed by atoms with Crippen LogP contribution in [0.3, 0.4) is 0 Å². The van der Waals surface area contributed by atoms with Gasteiger partial charge in [-0.15, -0.1) is 15.0 Å². The van der Waals surface area contributed by atoms with Gasteiger partial charge in [0, 0.05) is 11.8 Å². The third kappa shape index (κ3) is 4.80. The van der Waals surface area contributed by atoms with E-state index in [0.717, 1.165) is 48.1 Å². The first kappa shape index (κ1) is 20.1. The Morgan fingerprint density at radius 2 is 1.92 bits per heavy atom. The molecule has 4 nitrogen and oxygen atoms in total. The van der Waals surface area contributed by atoms with E-state index in [2.05, 4.69) is 11.9 Å². The van der Waals surface area contributed by atoms with Crippen LogP contribution in [-0.4, -0.2) is 28.9 Å². The first-order valence-electron chi connectivity index (χ1n) is 9.66. The van der Waals surface area contributed by atoms with Crippen molar-refractivity contribution in [1.29, 1.82) is 0 Å². The maximum atomic E-state index is 13.4. The van der Waals surface area contributed by atoms with Crippen LogP contribution in [0.5, 0.6) is 0 Å². The smallest absolute Gasteiger partial charge is 0.224 e. The van der Waals surface area contributed by atoms with Crippen LogP contribution in [0, 0.1) is 0 Å². The van der Waals surface area contributed by atoms with E-state index in [1.165, 1.54) is 49.0 Å². The Hall–Kier alpha value is -0.630. The summed E-state index contributed by atoms with van der Waals surface area (Å²) in [5, 5.41) is 0. The van der Waals surface area contributed by atoms with E-state index in [1.807, 2.05) is 24.3 Å². The molecule has 0 unspecified atom stereocenters. The molecule has 0 amide bonds. The zero-order chi connectivity index (χ0) is 18.4. The number of nitrogens with zero attached hydrogens (tertiary/aromatic N) is 2. The fraction of sp³-hybridized carbons (Fsp3) is 0.632. The summed E-state index contributed by atoms with van der Waals surface area (Å²) in [7, 11) is -3.55. The molecule has 0 spiro atoms. The van der Waals surface area contributed by atoms with E-state index in [4.69, 9.17) is 0 Å². The Morgan fingerprint density at radius 3 is 2.65 bits per heavy atom. The highest BCUT2D eigenvalue weighted by Crippen LogP contribution is 2.36. The van der Waals surface area contributed by atoms with Crippen LogP contribution in [0.2, 0.25) is 0 Å². The lowest BCUT2D eigenvalue weighted by Crippen LogP contribution is -2.36. The lowest BCUT2D eigenvalue weighted by Gasteiger charge is -2.31. The third-order valence-electron chi connectivity index (χ3n) is 4.82. The van der Waals surface area contributed by atoms with E-state index in [-0.39, 0.29) is 10.4 Å². The van der Waals surface area contributed by atoms with Crippen molar-refractivity contribution >= 4 is 43.5 Å². The highest BCUT2D eigenvalue weighted by Gasteiger charge is 2.35. The fourth-order valence-electron chi connectivity index (χ4n) is 3.38. The standard InChI is InChI=1S/C19H28N2O2S3/c1-2-3-4-10-15-24-21(16-11-6-5-7-12-16)26(22,23)19-20-17-13-8-9-14-18(17)25-19/h8-9,13-14,16H,2-7,10-12,15H2,1H3.